The molecule has 180 valence electrons. The molecule has 7 heteroatoms. The monoisotopic (exact) mass is 476 g/mol. The molecule has 0 aliphatic carbocycles. The van der Waals surface area contributed by atoms with Gasteiger partial charge in [0.25, 0.3) is 0 Å². The summed E-state index contributed by atoms with van der Waals surface area (Å²) in [6, 6.07) is 11.3. The van der Waals surface area contributed by atoms with Gasteiger partial charge in [-0.2, -0.15) is 0 Å². The Morgan fingerprint density at radius 3 is 2.39 bits per heavy atom. The second-order valence-electron chi connectivity index (χ2n) is 9.21. The Labute approximate surface area is 200 Å². The van der Waals surface area contributed by atoms with Gasteiger partial charge in [-0.25, -0.2) is 0 Å². The van der Waals surface area contributed by atoms with Crippen LogP contribution in [0.25, 0.3) is 0 Å². The Kier molecular flexibility index (Phi) is 13.3. The minimum absolute atomic E-state index is 0. The molecule has 0 spiro atoms. The first kappa shape index (κ1) is 30.1. The first-order chi connectivity index (χ1) is 13.7. The zero-order chi connectivity index (χ0) is 21.5. The lowest BCUT2D eigenvalue weighted by Gasteiger charge is -2.55. The Balaban J connectivity index is 0.00000116. The molecule has 2 fully saturated rings. The van der Waals surface area contributed by atoms with E-state index < -0.39 is 11.6 Å². The third-order valence-corrected chi connectivity index (χ3v) is 6.85. The van der Waals surface area contributed by atoms with Gasteiger partial charge >= 0.3 is 5.97 Å². The van der Waals surface area contributed by atoms with Crippen LogP contribution in [0.3, 0.4) is 0 Å². The number of aliphatic carboxylic acids is 1. The highest BCUT2D eigenvalue weighted by atomic mass is 35.5. The fourth-order valence-corrected chi connectivity index (χ4v) is 4.90. The average Bonchev–Trinajstić information content (AvgIpc) is 2.96. The van der Waals surface area contributed by atoms with Crippen molar-refractivity contribution < 1.29 is 15.0 Å². The Bertz CT molecular complexity index is 641. The van der Waals surface area contributed by atoms with Crippen LogP contribution in [0.5, 0.6) is 0 Å². The maximum Gasteiger partial charge on any atom is 0.303 e. The lowest BCUT2D eigenvalue weighted by Crippen LogP contribution is -2.60. The molecular weight excluding hydrogens is 435 g/mol. The molecule has 0 saturated carbocycles. The van der Waals surface area contributed by atoms with Gasteiger partial charge in [0.15, 0.2) is 0 Å². The molecule has 2 aliphatic rings. The van der Waals surface area contributed by atoms with E-state index in [1.165, 1.54) is 25.7 Å². The highest BCUT2D eigenvalue weighted by molar-refractivity contribution is 5.85. The topological polar surface area (TPSA) is 72.8 Å². The number of benzene rings is 1. The van der Waals surface area contributed by atoms with Crippen LogP contribution in [0.4, 0.5) is 0 Å². The number of hydrogen-bond acceptors (Lipinski definition) is 4. The van der Waals surface area contributed by atoms with E-state index in [1.807, 2.05) is 6.07 Å². The molecule has 31 heavy (non-hydrogen) atoms. The number of piperidine rings is 1. The first-order valence-electron chi connectivity index (χ1n) is 11.1. The fourth-order valence-electron chi connectivity index (χ4n) is 4.90. The van der Waals surface area contributed by atoms with E-state index >= 15 is 0 Å². The molecule has 0 bridgehead atoms. The zero-order valence-corrected chi connectivity index (χ0v) is 21.1. The van der Waals surface area contributed by atoms with Crippen LogP contribution in [0.15, 0.2) is 30.3 Å². The van der Waals surface area contributed by atoms with Gasteiger partial charge in [0.2, 0.25) is 0 Å². The van der Waals surface area contributed by atoms with Crippen molar-refractivity contribution in [2.24, 2.45) is 5.41 Å². The van der Waals surface area contributed by atoms with Gasteiger partial charge in [-0.05, 0) is 51.8 Å². The SMILES string of the molecule is CC1CC(O)(c2ccccc2)C(C)(CC2CCCCCN2)CN1C.CCC(=O)O.Cl.Cl. The normalized spacial score (nSPS) is 31.1. The molecular formula is C24H42Cl2N2O3. The Hall–Kier alpha value is -0.850. The number of nitrogens with one attached hydrogen (secondary N) is 1. The maximum absolute atomic E-state index is 11.9. The van der Waals surface area contributed by atoms with Crippen LogP contribution in [0.2, 0.25) is 0 Å². The van der Waals surface area contributed by atoms with Crippen molar-refractivity contribution in [2.75, 3.05) is 20.1 Å². The van der Waals surface area contributed by atoms with Crippen molar-refractivity contribution in [2.45, 2.75) is 83.4 Å². The summed E-state index contributed by atoms with van der Waals surface area (Å²) in [5.41, 5.74) is 0.187. The number of halogens is 2. The molecule has 5 nitrogen and oxygen atoms in total. The van der Waals surface area contributed by atoms with Crippen molar-refractivity contribution in [3.8, 4) is 0 Å². The zero-order valence-electron chi connectivity index (χ0n) is 19.5. The van der Waals surface area contributed by atoms with Crippen molar-refractivity contribution in [1.29, 1.82) is 0 Å². The number of rotatable bonds is 4. The van der Waals surface area contributed by atoms with Gasteiger partial charge in [0, 0.05) is 30.5 Å². The minimum atomic E-state index is -0.756. The third kappa shape index (κ3) is 7.90. The highest BCUT2D eigenvalue weighted by Crippen LogP contribution is 2.50. The van der Waals surface area contributed by atoms with Crippen LogP contribution in [0.1, 0.15) is 71.3 Å². The molecule has 0 amide bonds. The maximum atomic E-state index is 11.9. The van der Waals surface area contributed by atoms with E-state index in [9.17, 15) is 9.90 Å². The van der Waals surface area contributed by atoms with E-state index in [4.69, 9.17) is 5.11 Å². The molecule has 2 heterocycles. The summed E-state index contributed by atoms with van der Waals surface area (Å²) in [6.45, 7) is 8.20. The predicted molar refractivity (Wildman–Crippen MR) is 132 cm³/mol. The van der Waals surface area contributed by atoms with Crippen LogP contribution < -0.4 is 5.32 Å². The Morgan fingerprint density at radius 1 is 1.19 bits per heavy atom. The number of carboxylic acid groups (broad SMARTS) is 1. The molecule has 1 aromatic carbocycles. The van der Waals surface area contributed by atoms with Crippen LogP contribution in [-0.4, -0.2) is 53.3 Å². The third-order valence-electron chi connectivity index (χ3n) is 6.85. The standard InChI is InChI=1S/C21H34N2O.C3H6O2.2ClH/c1-17-14-21(24,18-10-6-4-7-11-18)20(2,16-23(17)3)15-19-12-8-5-9-13-22-19;1-2-3(4)5;;/h4,6-7,10-11,17,19,22,24H,5,8-9,12-16H2,1-3H3;2H2,1H3,(H,4,5);2*1H. The molecule has 4 unspecified atom stereocenters. The average molecular weight is 478 g/mol. The van der Waals surface area contributed by atoms with Crippen molar-refractivity contribution in [3.63, 3.8) is 0 Å². The molecule has 0 radical (unpaired) electrons. The highest BCUT2D eigenvalue weighted by Gasteiger charge is 2.53. The molecule has 4 atom stereocenters. The summed E-state index contributed by atoms with van der Waals surface area (Å²) in [7, 11) is 2.20. The lowest BCUT2D eigenvalue weighted by atomic mass is 9.61. The largest absolute Gasteiger partial charge is 0.481 e. The van der Waals surface area contributed by atoms with E-state index in [0.717, 1.165) is 31.5 Å². The van der Waals surface area contributed by atoms with E-state index in [-0.39, 0.29) is 36.6 Å². The second-order valence-corrected chi connectivity index (χ2v) is 9.21. The lowest BCUT2D eigenvalue weighted by molar-refractivity contribution is -0.151. The van der Waals surface area contributed by atoms with Gasteiger partial charge in [-0.1, -0.05) is 57.0 Å². The van der Waals surface area contributed by atoms with Crippen LogP contribution in [-0.2, 0) is 10.4 Å². The summed E-state index contributed by atoms with van der Waals surface area (Å²) in [4.78, 5) is 11.8. The molecule has 0 aromatic heterocycles. The number of carboxylic acids is 1. The van der Waals surface area contributed by atoms with E-state index in [1.54, 1.807) is 6.92 Å². The van der Waals surface area contributed by atoms with Crippen molar-refractivity contribution in [3.05, 3.63) is 35.9 Å². The minimum Gasteiger partial charge on any atom is -0.481 e. The van der Waals surface area contributed by atoms with Crippen LogP contribution in [0, 0.1) is 5.41 Å². The number of hydrogen-bond donors (Lipinski definition) is 3. The van der Waals surface area contributed by atoms with Crippen molar-refractivity contribution >= 4 is 30.8 Å². The number of aliphatic hydroxyl groups is 1. The first-order valence-corrected chi connectivity index (χ1v) is 11.1. The number of nitrogens with zero attached hydrogens (tertiary/aromatic N) is 1. The van der Waals surface area contributed by atoms with Gasteiger partial charge in [0.1, 0.15) is 0 Å². The summed E-state index contributed by atoms with van der Waals surface area (Å²) in [6.07, 6.45) is 7.23. The van der Waals surface area contributed by atoms with Crippen molar-refractivity contribution in [1.82, 2.24) is 10.2 Å². The number of carbonyl (C=O) groups is 1. The quantitative estimate of drug-likeness (QED) is 0.578. The van der Waals surface area contributed by atoms with E-state index in [0.29, 0.717) is 12.1 Å². The van der Waals surface area contributed by atoms with Gasteiger partial charge in [-0.15, -0.1) is 24.8 Å². The molecule has 2 saturated heterocycles. The smallest absolute Gasteiger partial charge is 0.303 e. The molecule has 3 N–H and O–H groups in total. The summed E-state index contributed by atoms with van der Waals surface area (Å²) in [5.74, 6) is -0.745. The van der Waals surface area contributed by atoms with E-state index in [2.05, 4.69) is 55.4 Å². The summed E-state index contributed by atoms with van der Waals surface area (Å²) < 4.78 is 0. The molecule has 2 aliphatic heterocycles. The second kappa shape index (κ2) is 13.6. The molecule has 3 rings (SSSR count). The molecule has 1 aromatic rings. The summed E-state index contributed by atoms with van der Waals surface area (Å²) >= 11 is 0. The predicted octanol–water partition coefficient (Wildman–Crippen LogP) is 4.85. The van der Waals surface area contributed by atoms with Gasteiger partial charge < -0.3 is 20.4 Å². The number of likely N-dealkylation sites (tertiary alicyclic amines) is 1. The Morgan fingerprint density at radius 2 is 1.81 bits per heavy atom. The summed E-state index contributed by atoms with van der Waals surface area (Å²) in [5, 5.41) is 23.4. The van der Waals surface area contributed by atoms with Crippen LogP contribution >= 0.6 is 24.8 Å². The fraction of sp³-hybridized carbons (Fsp3) is 0.708. The van der Waals surface area contributed by atoms with Gasteiger partial charge in [-0.3, -0.25) is 4.79 Å². The van der Waals surface area contributed by atoms with Gasteiger partial charge in [0.05, 0.1) is 5.60 Å².